The van der Waals surface area contributed by atoms with Gasteiger partial charge in [-0.05, 0) is 69.6 Å². The van der Waals surface area contributed by atoms with Crippen LogP contribution in [0.4, 0.5) is 0 Å². The van der Waals surface area contributed by atoms with Gasteiger partial charge in [-0.3, -0.25) is 4.79 Å². The summed E-state index contributed by atoms with van der Waals surface area (Å²) in [6.45, 7) is 13.3. The molecular formula is C30H44O7. The highest BCUT2D eigenvalue weighted by molar-refractivity contribution is 5.90. The summed E-state index contributed by atoms with van der Waals surface area (Å²) in [5.41, 5.74) is -2.16. The maximum Gasteiger partial charge on any atom is 0.315 e. The van der Waals surface area contributed by atoms with Crippen molar-refractivity contribution < 1.29 is 33.6 Å². The molecular weight excluding hydrogens is 472 g/mol. The molecule has 5 fully saturated rings. The van der Waals surface area contributed by atoms with Crippen molar-refractivity contribution in [2.75, 3.05) is 13.2 Å². The SMILES string of the molecule is CC(C)C1=CC2CC3(C=O)C4CCC(C)C4CC2(CO[C@H]2C[C@@H]4OC(C)(C)CO[C@H]4[C@@H](C)O2)C13C(=O)O. The predicted octanol–water partition coefficient (Wildman–Crippen LogP) is 4.63. The third kappa shape index (κ3) is 3.20. The molecule has 7 heteroatoms. The van der Waals surface area contributed by atoms with E-state index in [1.54, 1.807) is 0 Å². The zero-order valence-corrected chi connectivity index (χ0v) is 23.2. The molecule has 3 saturated carbocycles. The minimum Gasteiger partial charge on any atom is -0.481 e. The fraction of sp³-hybridized carbons (Fsp3) is 0.867. The van der Waals surface area contributed by atoms with E-state index in [-0.39, 0.29) is 48.3 Å². The number of carboxylic acid groups (broad SMARTS) is 1. The van der Waals surface area contributed by atoms with Crippen molar-refractivity contribution in [1.82, 2.24) is 0 Å². The lowest BCUT2D eigenvalue weighted by atomic mass is 9.43. The van der Waals surface area contributed by atoms with Gasteiger partial charge in [-0.25, -0.2) is 0 Å². The zero-order valence-electron chi connectivity index (χ0n) is 23.2. The Balaban J connectivity index is 1.35. The van der Waals surface area contributed by atoms with Crippen LogP contribution in [0.25, 0.3) is 0 Å². The molecule has 0 aromatic carbocycles. The summed E-state index contributed by atoms with van der Waals surface area (Å²) in [6.07, 6.45) is 6.29. The van der Waals surface area contributed by atoms with Crippen molar-refractivity contribution in [3.05, 3.63) is 11.6 Å². The van der Waals surface area contributed by atoms with E-state index >= 15 is 0 Å². The molecule has 0 spiro atoms. The molecule has 11 atom stereocenters. The Kier molecular flexibility index (Phi) is 5.87. The first-order valence-electron chi connectivity index (χ1n) is 14.4. The van der Waals surface area contributed by atoms with Crippen LogP contribution < -0.4 is 0 Å². The number of aldehydes is 1. The lowest BCUT2D eigenvalue weighted by Crippen LogP contribution is -2.64. The molecule has 0 aromatic rings. The zero-order chi connectivity index (χ0) is 26.5. The van der Waals surface area contributed by atoms with Crippen LogP contribution in [-0.2, 0) is 28.5 Å². The summed E-state index contributed by atoms with van der Waals surface area (Å²) in [6, 6.07) is 0. The van der Waals surface area contributed by atoms with Crippen LogP contribution in [0.5, 0.6) is 0 Å². The van der Waals surface area contributed by atoms with Gasteiger partial charge in [0.25, 0.3) is 0 Å². The first-order chi connectivity index (χ1) is 17.4. The van der Waals surface area contributed by atoms with E-state index < -0.39 is 28.5 Å². The smallest absolute Gasteiger partial charge is 0.315 e. The largest absolute Gasteiger partial charge is 0.481 e. The normalized spacial score (nSPS) is 51.5. The maximum absolute atomic E-state index is 13.6. The number of carboxylic acids is 1. The highest BCUT2D eigenvalue weighted by Gasteiger charge is 2.84. The summed E-state index contributed by atoms with van der Waals surface area (Å²) in [5.74, 6) is 0.181. The van der Waals surface area contributed by atoms with E-state index in [0.29, 0.717) is 31.3 Å². The second kappa shape index (κ2) is 8.36. The summed E-state index contributed by atoms with van der Waals surface area (Å²) in [5, 5.41) is 11.1. The van der Waals surface area contributed by atoms with Gasteiger partial charge < -0.3 is 28.8 Å². The third-order valence-electron chi connectivity index (χ3n) is 11.4. The van der Waals surface area contributed by atoms with Gasteiger partial charge in [0.05, 0.1) is 36.4 Å². The highest BCUT2D eigenvalue weighted by atomic mass is 16.7. The second-order valence-corrected chi connectivity index (χ2v) is 14.0. The van der Waals surface area contributed by atoms with Crippen LogP contribution in [0.2, 0.25) is 0 Å². The van der Waals surface area contributed by atoms with Crippen LogP contribution in [0.15, 0.2) is 11.6 Å². The fourth-order valence-electron chi connectivity index (χ4n) is 10.1. The van der Waals surface area contributed by atoms with E-state index in [0.717, 1.165) is 31.1 Å². The number of hydrogen-bond donors (Lipinski definition) is 1. The first-order valence-corrected chi connectivity index (χ1v) is 14.4. The first kappa shape index (κ1) is 26.0. The van der Waals surface area contributed by atoms with Crippen LogP contribution >= 0.6 is 0 Å². The highest BCUT2D eigenvalue weighted by Crippen LogP contribution is 2.82. The number of allylic oxidation sites excluding steroid dienone is 1. The third-order valence-corrected chi connectivity index (χ3v) is 11.4. The number of ether oxygens (including phenoxy) is 4. The molecule has 0 amide bonds. The lowest BCUT2D eigenvalue weighted by Gasteiger charge is -2.58. The average molecular weight is 517 g/mol. The minimum absolute atomic E-state index is 0.0194. The molecule has 0 radical (unpaired) electrons. The molecule has 4 aliphatic carbocycles. The number of aliphatic carboxylic acids is 1. The summed E-state index contributed by atoms with van der Waals surface area (Å²) < 4.78 is 25.3. The van der Waals surface area contributed by atoms with E-state index in [1.807, 2.05) is 20.8 Å². The number of hydrogen-bond acceptors (Lipinski definition) is 6. The Labute approximate surface area is 220 Å². The minimum atomic E-state index is -1.22. The molecule has 1 N–H and O–H groups in total. The molecule has 4 bridgehead atoms. The number of carbonyl (C=O) groups excluding carboxylic acids is 1. The van der Waals surface area contributed by atoms with Crippen molar-refractivity contribution in [3.63, 3.8) is 0 Å². The Bertz CT molecular complexity index is 1000. The van der Waals surface area contributed by atoms with Crippen LogP contribution in [0, 0.1) is 45.8 Å². The van der Waals surface area contributed by atoms with Crippen molar-refractivity contribution in [3.8, 4) is 0 Å². The number of fused-ring (bicyclic) bond motifs is 3. The monoisotopic (exact) mass is 516 g/mol. The van der Waals surface area contributed by atoms with Gasteiger partial charge in [-0.1, -0.05) is 38.8 Å². The quantitative estimate of drug-likeness (QED) is 0.407. The Hall–Kier alpha value is -1.28. The van der Waals surface area contributed by atoms with Gasteiger partial charge in [0.15, 0.2) is 6.29 Å². The summed E-state index contributed by atoms with van der Waals surface area (Å²) >= 11 is 0. The van der Waals surface area contributed by atoms with Crippen molar-refractivity contribution in [2.45, 2.75) is 104 Å². The van der Waals surface area contributed by atoms with Crippen LogP contribution in [-0.4, -0.2) is 60.8 Å². The molecule has 2 aliphatic heterocycles. The molecule has 206 valence electrons. The summed E-state index contributed by atoms with van der Waals surface area (Å²) in [7, 11) is 0. The maximum atomic E-state index is 13.6. The van der Waals surface area contributed by atoms with Gasteiger partial charge in [0.2, 0.25) is 0 Å². The van der Waals surface area contributed by atoms with Gasteiger partial charge in [-0.2, -0.15) is 0 Å². The lowest BCUT2D eigenvalue weighted by molar-refractivity contribution is -0.317. The number of carbonyl (C=O) groups is 2. The van der Waals surface area contributed by atoms with E-state index in [9.17, 15) is 14.7 Å². The Morgan fingerprint density at radius 1 is 1.24 bits per heavy atom. The molecule has 0 aromatic heterocycles. The molecule has 37 heavy (non-hydrogen) atoms. The molecule has 7 nitrogen and oxygen atoms in total. The van der Waals surface area contributed by atoms with Gasteiger partial charge >= 0.3 is 5.97 Å². The Morgan fingerprint density at radius 3 is 2.68 bits per heavy atom. The van der Waals surface area contributed by atoms with Crippen LogP contribution in [0.1, 0.15) is 73.6 Å². The van der Waals surface area contributed by atoms with E-state index in [4.69, 9.17) is 18.9 Å². The topological polar surface area (TPSA) is 91.3 Å². The van der Waals surface area contributed by atoms with Gasteiger partial charge in [0.1, 0.15) is 17.8 Å². The van der Waals surface area contributed by atoms with Crippen molar-refractivity contribution in [1.29, 1.82) is 0 Å². The molecule has 2 heterocycles. The average Bonchev–Trinajstić information content (AvgIpc) is 3.39. The fourth-order valence-corrected chi connectivity index (χ4v) is 10.1. The number of rotatable bonds is 6. The predicted molar refractivity (Wildman–Crippen MR) is 136 cm³/mol. The van der Waals surface area contributed by atoms with E-state index in [1.165, 1.54) is 0 Å². The molecule has 6 aliphatic rings. The molecule has 2 saturated heterocycles. The Morgan fingerprint density at radius 2 is 2.00 bits per heavy atom. The van der Waals surface area contributed by atoms with Crippen molar-refractivity contribution in [2.24, 2.45) is 45.8 Å². The van der Waals surface area contributed by atoms with Crippen molar-refractivity contribution >= 4 is 12.3 Å². The molecule has 6 rings (SSSR count). The van der Waals surface area contributed by atoms with Crippen LogP contribution in [0.3, 0.4) is 0 Å². The summed E-state index contributed by atoms with van der Waals surface area (Å²) in [4.78, 5) is 26.8. The van der Waals surface area contributed by atoms with Gasteiger partial charge in [0, 0.05) is 11.8 Å². The van der Waals surface area contributed by atoms with Gasteiger partial charge in [-0.15, -0.1) is 0 Å². The second-order valence-electron chi connectivity index (χ2n) is 14.0. The standard InChI is InChI=1S/C30H44O7/c1-16(2)22-9-19-11-28(13-31)21-8-7-17(3)20(21)12-29(19,30(22,28)26(32)33)15-34-24-10-23-25(18(4)36-24)35-14-27(5,6)37-23/h9,13,16-21,23-25H,7-8,10-12,14-15H2,1-6H3,(H,32,33)/t17?,18-,19?,20?,21?,23+,24-,25+,28?,29?,30?/m1/s1. The molecule has 7 unspecified atom stereocenters. The van der Waals surface area contributed by atoms with E-state index in [2.05, 4.69) is 26.8 Å².